The van der Waals surface area contributed by atoms with Gasteiger partial charge in [-0.15, -0.1) is 11.8 Å². The van der Waals surface area contributed by atoms with Crippen LogP contribution >= 0.6 is 11.8 Å². The normalized spacial score (nSPS) is 14.0. The van der Waals surface area contributed by atoms with Gasteiger partial charge in [-0.25, -0.2) is 0 Å². The predicted molar refractivity (Wildman–Crippen MR) is 103 cm³/mol. The van der Waals surface area contributed by atoms with Crippen LogP contribution in [0.15, 0.2) is 59.5 Å². The molecule has 5 heteroatoms. The largest absolute Gasteiger partial charge is 0.355 e. The van der Waals surface area contributed by atoms with Crippen molar-refractivity contribution in [2.75, 3.05) is 24.2 Å². The van der Waals surface area contributed by atoms with Crippen molar-refractivity contribution in [3.8, 4) is 0 Å². The van der Waals surface area contributed by atoms with Crippen molar-refractivity contribution in [3.63, 3.8) is 0 Å². The topological polar surface area (TPSA) is 49.4 Å². The minimum Gasteiger partial charge on any atom is -0.355 e. The Kier molecular flexibility index (Phi) is 5.56. The van der Waals surface area contributed by atoms with Gasteiger partial charge in [-0.2, -0.15) is 0 Å². The van der Waals surface area contributed by atoms with Crippen LogP contribution in [0.3, 0.4) is 0 Å². The predicted octanol–water partition coefficient (Wildman–Crippen LogP) is 3.59. The molecule has 0 unspecified atom stereocenters. The van der Waals surface area contributed by atoms with E-state index in [-0.39, 0.29) is 11.8 Å². The van der Waals surface area contributed by atoms with Gasteiger partial charge in [0.05, 0.1) is 5.69 Å². The van der Waals surface area contributed by atoms with E-state index >= 15 is 0 Å². The second-order valence-electron chi connectivity index (χ2n) is 5.69. The zero-order valence-electron chi connectivity index (χ0n) is 14.1. The Morgan fingerprint density at radius 3 is 2.64 bits per heavy atom. The maximum absolute atomic E-state index is 12.7. The number of hydrogen-bond donors (Lipinski definition) is 1. The summed E-state index contributed by atoms with van der Waals surface area (Å²) in [7, 11) is 1.60. The van der Waals surface area contributed by atoms with E-state index in [2.05, 4.69) is 11.4 Å². The van der Waals surface area contributed by atoms with E-state index < -0.39 is 0 Å². The molecule has 0 spiro atoms. The molecule has 0 fully saturated rings. The smallest absolute Gasteiger partial charge is 0.251 e. The first-order chi connectivity index (χ1) is 12.2. The van der Waals surface area contributed by atoms with Crippen LogP contribution in [0, 0.1) is 0 Å². The van der Waals surface area contributed by atoms with Crippen LogP contribution in [-0.2, 0) is 4.79 Å². The quantitative estimate of drug-likeness (QED) is 0.859. The Morgan fingerprint density at radius 1 is 1.12 bits per heavy atom. The molecule has 2 aromatic rings. The number of carbonyl (C=O) groups is 2. The number of nitrogens with zero attached hydrogens (tertiary/aromatic N) is 1. The molecule has 4 nitrogen and oxygen atoms in total. The summed E-state index contributed by atoms with van der Waals surface area (Å²) in [6, 6.07) is 15.2. The monoisotopic (exact) mass is 352 g/mol. The highest BCUT2D eigenvalue weighted by Crippen LogP contribution is 2.33. The fourth-order valence-electron chi connectivity index (χ4n) is 2.70. The zero-order chi connectivity index (χ0) is 17.6. The second kappa shape index (κ2) is 8.03. The van der Waals surface area contributed by atoms with E-state index in [1.54, 1.807) is 43.1 Å². The Hall–Kier alpha value is -2.53. The summed E-state index contributed by atoms with van der Waals surface area (Å²) in [5.41, 5.74) is 2.47. The minimum atomic E-state index is -0.120. The number of benzene rings is 2. The van der Waals surface area contributed by atoms with Crippen LogP contribution in [0.2, 0.25) is 0 Å². The second-order valence-corrected chi connectivity index (χ2v) is 6.83. The summed E-state index contributed by atoms with van der Waals surface area (Å²) in [4.78, 5) is 27.2. The van der Waals surface area contributed by atoms with E-state index in [4.69, 9.17) is 0 Å². The van der Waals surface area contributed by atoms with Crippen LogP contribution in [0.25, 0.3) is 6.08 Å². The summed E-state index contributed by atoms with van der Waals surface area (Å²) < 4.78 is 0. The molecular weight excluding hydrogens is 332 g/mol. The lowest BCUT2D eigenvalue weighted by Crippen LogP contribution is -2.30. The first kappa shape index (κ1) is 17.3. The number of thioether (sulfide) groups is 1. The molecule has 2 amide bonds. The first-order valence-corrected chi connectivity index (χ1v) is 9.21. The van der Waals surface area contributed by atoms with E-state index in [9.17, 15) is 9.59 Å². The molecule has 0 aliphatic carbocycles. The van der Waals surface area contributed by atoms with Crippen molar-refractivity contribution in [2.24, 2.45) is 0 Å². The number of amides is 2. The number of anilines is 1. The zero-order valence-corrected chi connectivity index (χ0v) is 14.9. The highest BCUT2D eigenvalue weighted by molar-refractivity contribution is 7.99. The molecule has 0 saturated carbocycles. The molecule has 1 aliphatic heterocycles. The highest BCUT2D eigenvalue weighted by Gasteiger charge is 2.19. The Balaban J connectivity index is 1.75. The maximum atomic E-state index is 12.7. The summed E-state index contributed by atoms with van der Waals surface area (Å²) in [6.07, 6.45) is 4.36. The van der Waals surface area contributed by atoms with Crippen LogP contribution in [0.4, 0.5) is 5.69 Å². The van der Waals surface area contributed by atoms with Crippen molar-refractivity contribution in [3.05, 3.63) is 65.7 Å². The lowest BCUT2D eigenvalue weighted by Gasteiger charge is -2.20. The van der Waals surface area contributed by atoms with Crippen molar-refractivity contribution < 1.29 is 9.59 Å². The average molecular weight is 352 g/mol. The fraction of sp³-hybridized carbons (Fsp3) is 0.200. The molecule has 1 heterocycles. The minimum absolute atomic E-state index is 0.0228. The van der Waals surface area contributed by atoms with Crippen LogP contribution in [0.1, 0.15) is 22.3 Å². The third-order valence-electron chi connectivity index (χ3n) is 4.02. The number of carbonyl (C=O) groups excluding carboxylic acids is 2. The lowest BCUT2D eigenvalue weighted by molar-refractivity contribution is -0.114. The van der Waals surface area contributed by atoms with Gasteiger partial charge in [0.1, 0.15) is 0 Å². The molecule has 1 N–H and O–H groups in total. The standard InChI is InChI=1S/C20H20N2O2S/c1-21-20(24)16-10-7-15(8-11-16)9-12-19(23)22-13-4-14-25-18-6-3-2-5-17(18)22/h2-3,5-12H,4,13-14H2,1H3,(H,21,24)/b12-9+. The molecule has 1 aliphatic rings. The Morgan fingerprint density at radius 2 is 1.88 bits per heavy atom. The Labute approximate surface area is 151 Å². The number of fused-ring (bicyclic) bond motifs is 1. The SMILES string of the molecule is CNC(=O)c1ccc(/C=C/C(=O)N2CCCSc3ccccc32)cc1. The lowest BCUT2D eigenvalue weighted by atomic mass is 10.1. The molecule has 2 aromatic carbocycles. The van der Waals surface area contributed by atoms with Crippen LogP contribution < -0.4 is 10.2 Å². The van der Waals surface area contributed by atoms with Crippen molar-refractivity contribution >= 4 is 35.3 Å². The van der Waals surface area contributed by atoms with Gasteiger partial charge in [0.15, 0.2) is 0 Å². The van der Waals surface area contributed by atoms with Gasteiger partial charge < -0.3 is 10.2 Å². The molecule has 25 heavy (non-hydrogen) atoms. The number of rotatable bonds is 3. The van der Waals surface area contributed by atoms with Crippen molar-refractivity contribution in [2.45, 2.75) is 11.3 Å². The molecule has 0 saturated heterocycles. The summed E-state index contributed by atoms with van der Waals surface area (Å²) in [5, 5.41) is 2.59. The molecule has 0 atom stereocenters. The summed E-state index contributed by atoms with van der Waals surface area (Å²) in [6.45, 7) is 0.725. The van der Waals surface area contributed by atoms with Crippen LogP contribution in [-0.4, -0.2) is 31.2 Å². The van der Waals surface area contributed by atoms with Gasteiger partial charge in [0.2, 0.25) is 0 Å². The molecule has 0 bridgehead atoms. The van der Waals surface area contributed by atoms with Crippen LogP contribution in [0.5, 0.6) is 0 Å². The van der Waals surface area contributed by atoms with Gasteiger partial charge in [-0.05, 0) is 48.1 Å². The molecular formula is C20H20N2O2S. The van der Waals surface area contributed by atoms with Gasteiger partial charge in [-0.3, -0.25) is 9.59 Å². The Bertz CT molecular complexity index is 800. The van der Waals surface area contributed by atoms with Crippen molar-refractivity contribution in [1.29, 1.82) is 0 Å². The molecule has 3 rings (SSSR count). The number of para-hydroxylation sites is 1. The van der Waals surface area contributed by atoms with Crippen molar-refractivity contribution in [1.82, 2.24) is 5.32 Å². The third-order valence-corrected chi connectivity index (χ3v) is 5.17. The van der Waals surface area contributed by atoms with E-state index in [1.807, 2.05) is 35.2 Å². The van der Waals surface area contributed by atoms with Gasteiger partial charge in [-0.1, -0.05) is 24.3 Å². The maximum Gasteiger partial charge on any atom is 0.251 e. The van der Waals surface area contributed by atoms with Gasteiger partial charge in [0, 0.05) is 30.1 Å². The fourth-order valence-corrected chi connectivity index (χ4v) is 3.70. The van der Waals surface area contributed by atoms with Gasteiger partial charge in [0.25, 0.3) is 11.8 Å². The third kappa shape index (κ3) is 4.12. The first-order valence-electron chi connectivity index (χ1n) is 8.22. The van der Waals surface area contributed by atoms with E-state index in [1.165, 1.54) is 0 Å². The number of nitrogens with one attached hydrogen (secondary N) is 1. The van der Waals surface area contributed by atoms with E-state index in [0.29, 0.717) is 5.56 Å². The van der Waals surface area contributed by atoms with Gasteiger partial charge >= 0.3 is 0 Å². The van der Waals surface area contributed by atoms with E-state index in [0.717, 1.165) is 34.9 Å². The highest BCUT2D eigenvalue weighted by atomic mass is 32.2. The summed E-state index contributed by atoms with van der Waals surface area (Å²) in [5.74, 6) is 0.876. The number of hydrogen-bond acceptors (Lipinski definition) is 3. The molecule has 0 aromatic heterocycles. The summed E-state index contributed by atoms with van der Waals surface area (Å²) >= 11 is 1.80. The average Bonchev–Trinajstić information content (AvgIpc) is 2.88. The molecule has 0 radical (unpaired) electrons. The molecule has 128 valence electrons.